The molecule has 4 nitrogen and oxygen atoms in total. The summed E-state index contributed by atoms with van der Waals surface area (Å²) in [5.41, 5.74) is 7.61. The fourth-order valence-electron chi connectivity index (χ4n) is 3.09. The number of ether oxygens (including phenoxy) is 2. The number of fused-ring (bicyclic) bond motifs is 1. The molecule has 1 aromatic carbocycles. The number of nitrogens with zero attached hydrogens (tertiary/aromatic N) is 1. The van der Waals surface area contributed by atoms with Crippen molar-refractivity contribution in [3.63, 3.8) is 0 Å². The van der Waals surface area contributed by atoms with Crippen LogP contribution in [0.4, 0.5) is 0 Å². The molecule has 0 saturated heterocycles. The first-order valence-corrected chi connectivity index (χ1v) is 8.19. The van der Waals surface area contributed by atoms with E-state index in [9.17, 15) is 0 Å². The summed E-state index contributed by atoms with van der Waals surface area (Å²) in [4.78, 5) is 2.61. The molecule has 114 valence electrons. The Hall–Kier alpha value is -1.26. The third-order valence-corrected chi connectivity index (χ3v) is 4.68. The van der Waals surface area contributed by atoms with Gasteiger partial charge in [-0.05, 0) is 49.3 Å². The largest absolute Gasteiger partial charge is 0.486 e. The van der Waals surface area contributed by atoms with E-state index in [0.717, 1.165) is 35.6 Å². The Morgan fingerprint density at radius 2 is 1.86 bits per heavy atom. The van der Waals surface area contributed by atoms with Crippen LogP contribution >= 0.6 is 0 Å². The van der Waals surface area contributed by atoms with Crippen molar-refractivity contribution >= 4 is 0 Å². The molecule has 1 heterocycles. The van der Waals surface area contributed by atoms with Crippen molar-refractivity contribution in [1.29, 1.82) is 0 Å². The van der Waals surface area contributed by atoms with Gasteiger partial charge in [0.15, 0.2) is 11.5 Å². The average Bonchev–Trinajstić information content (AvgIpc) is 3.38. The summed E-state index contributed by atoms with van der Waals surface area (Å²) in [5.74, 6) is 2.61. The summed E-state index contributed by atoms with van der Waals surface area (Å²) in [6.45, 7) is 3.46. The van der Waals surface area contributed by atoms with E-state index in [4.69, 9.17) is 15.2 Å². The van der Waals surface area contributed by atoms with Gasteiger partial charge in [-0.15, -0.1) is 0 Å². The topological polar surface area (TPSA) is 47.7 Å². The van der Waals surface area contributed by atoms with E-state index >= 15 is 0 Å². The maximum Gasteiger partial charge on any atom is 0.161 e. The molecule has 0 spiro atoms. The van der Waals surface area contributed by atoms with Crippen molar-refractivity contribution in [2.24, 2.45) is 11.7 Å². The highest BCUT2D eigenvalue weighted by atomic mass is 16.6. The monoisotopic (exact) mass is 288 g/mol. The van der Waals surface area contributed by atoms with Gasteiger partial charge in [0.1, 0.15) is 13.2 Å². The van der Waals surface area contributed by atoms with E-state index in [1.54, 1.807) is 0 Å². The summed E-state index contributed by atoms with van der Waals surface area (Å²) in [6.07, 6.45) is 5.51. The Bertz CT molecular complexity index is 512. The lowest BCUT2D eigenvalue weighted by Crippen LogP contribution is -2.35. The highest BCUT2D eigenvalue weighted by molar-refractivity contribution is 5.44. The Morgan fingerprint density at radius 3 is 2.57 bits per heavy atom. The highest BCUT2D eigenvalue weighted by Crippen LogP contribution is 2.36. The first-order chi connectivity index (χ1) is 10.3. The molecule has 2 saturated carbocycles. The SMILES string of the molecule is NC(CN(CC1CC1)C1CC1)c1ccc2c(c1)OCCO2. The van der Waals surface area contributed by atoms with Gasteiger partial charge >= 0.3 is 0 Å². The molecule has 21 heavy (non-hydrogen) atoms. The predicted octanol–water partition coefficient (Wildman–Crippen LogP) is 2.33. The molecule has 4 rings (SSSR count). The summed E-state index contributed by atoms with van der Waals surface area (Å²) >= 11 is 0. The first kappa shape index (κ1) is 13.4. The predicted molar refractivity (Wildman–Crippen MR) is 81.7 cm³/mol. The Morgan fingerprint density at radius 1 is 1.10 bits per heavy atom. The van der Waals surface area contributed by atoms with E-state index in [1.165, 1.54) is 32.2 Å². The fourth-order valence-corrected chi connectivity index (χ4v) is 3.09. The molecule has 2 N–H and O–H groups in total. The van der Waals surface area contributed by atoms with Crippen molar-refractivity contribution in [2.45, 2.75) is 37.8 Å². The molecule has 2 aliphatic carbocycles. The van der Waals surface area contributed by atoms with Gasteiger partial charge in [0.25, 0.3) is 0 Å². The normalized spacial score (nSPS) is 22.4. The molecule has 1 aromatic rings. The van der Waals surface area contributed by atoms with Crippen LogP contribution in [0.25, 0.3) is 0 Å². The summed E-state index contributed by atoms with van der Waals surface area (Å²) in [7, 11) is 0. The van der Waals surface area contributed by atoms with Crippen molar-refractivity contribution in [3.05, 3.63) is 23.8 Å². The average molecular weight is 288 g/mol. The third-order valence-electron chi connectivity index (χ3n) is 4.68. The van der Waals surface area contributed by atoms with E-state index < -0.39 is 0 Å². The second kappa shape index (κ2) is 5.50. The maximum absolute atomic E-state index is 6.45. The molecule has 0 bridgehead atoms. The van der Waals surface area contributed by atoms with Gasteiger partial charge < -0.3 is 15.2 Å². The first-order valence-electron chi connectivity index (χ1n) is 8.19. The quantitative estimate of drug-likeness (QED) is 0.873. The number of benzene rings is 1. The van der Waals surface area contributed by atoms with Crippen LogP contribution in [-0.2, 0) is 0 Å². The zero-order valence-electron chi connectivity index (χ0n) is 12.5. The van der Waals surface area contributed by atoms with Crippen LogP contribution in [-0.4, -0.2) is 37.2 Å². The van der Waals surface area contributed by atoms with Gasteiger partial charge in [0.05, 0.1) is 0 Å². The van der Waals surface area contributed by atoms with Gasteiger partial charge in [-0.2, -0.15) is 0 Å². The minimum absolute atomic E-state index is 0.0557. The molecular formula is C17H24N2O2. The molecule has 1 atom stereocenters. The van der Waals surface area contributed by atoms with E-state index in [2.05, 4.69) is 17.0 Å². The molecule has 0 aromatic heterocycles. The van der Waals surface area contributed by atoms with Crippen LogP contribution in [0.5, 0.6) is 11.5 Å². The second-order valence-corrected chi connectivity index (χ2v) is 6.64. The highest BCUT2D eigenvalue weighted by Gasteiger charge is 2.34. The van der Waals surface area contributed by atoms with Crippen LogP contribution in [0, 0.1) is 5.92 Å². The van der Waals surface area contributed by atoms with Crippen molar-refractivity contribution < 1.29 is 9.47 Å². The van der Waals surface area contributed by atoms with Crippen molar-refractivity contribution in [3.8, 4) is 11.5 Å². The molecular weight excluding hydrogens is 264 g/mol. The Kier molecular flexibility index (Phi) is 3.51. The molecule has 1 unspecified atom stereocenters. The molecule has 0 radical (unpaired) electrons. The van der Waals surface area contributed by atoms with Gasteiger partial charge in [-0.25, -0.2) is 0 Å². The Balaban J connectivity index is 1.44. The maximum atomic E-state index is 6.45. The minimum atomic E-state index is 0.0557. The lowest BCUT2D eigenvalue weighted by atomic mass is 10.1. The van der Waals surface area contributed by atoms with Gasteiger partial charge in [0, 0.05) is 25.2 Å². The summed E-state index contributed by atoms with van der Waals surface area (Å²) in [6, 6.07) is 6.97. The molecule has 4 heteroatoms. The second-order valence-electron chi connectivity index (χ2n) is 6.64. The van der Waals surface area contributed by atoms with Crippen LogP contribution in [0.15, 0.2) is 18.2 Å². The number of nitrogens with two attached hydrogens (primary N) is 1. The van der Waals surface area contributed by atoms with Crippen LogP contribution < -0.4 is 15.2 Å². The number of hydrogen-bond donors (Lipinski definition) is 1. The van der Waals surface area contributed by atoms with E-state index in [-0.39, 0.29) is 6.04 Å². The van der Waals surface area contributed by atoms with Gasteiger partial charge in [-0.3, -0.25) is 4.90 Å². The molecule has 2 fully saturated rings. The zero-order chi connectivity index (χ0) is 14.2. The lowest BCUT2D eigenvalue weighted by molar-refractivity contribution is 0.171. The Labute approximate surface area is 126 Å². The zero-order valence-corrected chi connectivity index (χ0v) is 12.5. The van der Waals surface area contributed by atoms with Crippen LogP contribution in [0.2, 0.25) is 0 Å². The smallest absolute Gasteiger partial charge is 0.161 e. The van der Waals surface area contributed by atoms with Crippen LogP contribution in [0.1, 0.15) is 37.3 Å². The van der Waals surface area contributed by atoms with Crippen molar-refractivity contribution in [1.82, 2.24) is 4.90 Å². The van der Waals surface area contributed by atoms with Crippen molar-refractivity contribution in [2.75, 3.05) is 26.3 Å². The van der Waals surface area contributed by atoms with E-state index in [0.29, 0.717) is 13.2 Å². The summed E-state index contributed by atoms with van der Waals surface area (Å²) in [5, 5.41) is 0. The number of hydrogen-bond acceptors (Lipinski definition) is 4. The molecule has 0 amide bonds. The van der Waals surface area contributed by atoms with Gasteiger partial charge in [-0.1, -0.05) is 6.07 Å². The third kappa shape index (κ3) is 3.16. The lowest BCUT2D eigenvalue weighted by Gasteiger charge is -2.26. The number of rotatable bonds is 6. The van der Waals surface area contributed by atoms with E-state index in [1.807, 2.05) is 6.07 Å². The molecule has 3 aliphatic rings. The molecule has 1 aliphatic heterocycles. The minimum Gasteiger partial charge on any atom is -0.486 e. The van der Waals surface area contributed by atoms with Crippen LogP contribution in [0.3, 0.4) is 0 Å². The standard InChI is InChI=1S/C17H24N2O2/c18-15(11-19(14-4-5-14)10-12-1-2-12)13-3-6-16-17(9-13)21-8-7-20-16/h3,6,9,12,14-15H,1-2,4-5,7-8,10-11,18H2. The fraction of sp³-hybridized carbons (Fsp3) is 0.647. The van der Waals surface area contributed by atoms with Gasteiger partial charge in [0.2, 0.25) is 0 Å². The summed E-state index contributed by atoms with van der Waals surface area (Å²) < 4.78 is 11.2.